The Morgan fingerprint density at radius 3 is 2.43 bits per heavy atom. The lowest BCUT2D eigenvalue weighted by atomic mass is 10.3. The highest BCUT2D eigenvalue weighted by Gasteiger charge is 2.29. The van der Waals surface area contributed by atoms with E-state index in [1.807, 2.05) is 0 Å². The lowest BCUT2D eigenvalue weighted by Crippen LogP contribution is -2.10. The number of nitrogens with zero attached hydrogens (tertiary/aromatic N) is 2. The molecule has 0 unspecified atom stereocenters. The van der Waals surface area contributed by atoms with Crippen molar-refractivity contribution in [2.75, 3.05) is 0 Å². The van der Waals surface area contributed by atoms with Gasteiger partial charge in [0, 0.05) is 11.3 Å². The molecule has 0 saturated heterocycles. The summed E-state index contributed by atoms with van der Waals surface area (Å²) >= 11 is 23.0. The van der Waals surface area contributed by atoms with Crippen LogP contribution in [0.15, 0.2) is 0 Å². The number of aromatic nitrogens is 2. The van der Waals surface area contributed by atoms with Crippen molar-refractivity contribution < 1.29 is 0 Å². The van der Waals surface area contributed by atoms with Gasteiger partial charge >= 0.3 is 0 Å². The second-order valence-electron chi connectivity index (χ2n) is 3.11. The van der Waals surface area contributed by atoms with E-state index >= 15 is 0 Å². The number of rotatable bonds is 0. The van der Waals surface area contributed by atoms with Gasteiger partial charge in [-0.05, 0) is 19.3 Å². The largest absolute Gasteiger partial charge is 0.250 e. The summed E-state index contributed by atoms with van der Waals surface area (Å²) in [6.07, 6.45) is 2.83. The Balaban J connectivity index is 2.52. The van der Waals surface area contributed by atoms with Gasteiger partial charge in [0.1, 0.15) is 5.15 Å². The summed E-state index contributed by atoms with van der Waals surface area (Å²) in [5.74, 6) is 0.160. The molecule has 2 nitrogen and oxygen atoms in total. The van der Waals surface area contributed by atoms with Crippen LogP contribution in [0.1, 0.15) is 23.5 Å². The van der Waals surface area contributed by atoms with Gasteiger partial charge in [0.2, 0.25) is 3.79 Å². The zero-order valence-electron chi connectivity index (χ0n) is 7.03. The van der Waals surface area contributed by atoms with Gasteiger partial charge in [0.05, 0.1) is 0 Å². The maximum atomic E-state index is 5.95. The fourth-order valence-electron chi connectivity index (χ4n) is 1.51. The van der Waals surface area contributed by atoms with Gasteiger partial charge < -0.3 is 0 Å². The maximum Gasteiger partial charge on any atom is 0.250 e. The van der Waals surface area contributed by atoms with Crippen LogP contribution in [0.5, 0.6) is 0 Å². The molecule has 1 heterocycles. The zero-order valence-corrected chi connectivity index (χ0v) is 10.1. The highest BCUT2D eigenvalue weighted by Crippen LogP contribution is 2.38. The summed E-state index contributed by atoms with van der Waals surface area (Å²) in [5, 5.41) is 0.411. The van der Waals surface area contributed by atoms with Crippen molar-refractivity contribution in [3.8, 4) is 0 Å². The Bertz CT molecular complexity index is 372. The standard InChI is InChI=1S/C8H6Cl4N2/c9-6-4-2-1-3-5(4)13-7(14-6)8(10,11)12/h1-3H2. The van der Waals surface area contributed by atoms with E-state index in [2.05, 4.69) is 9.97 Å². The number of aryl methyl sites for hydroxylation is 1. The number of halogens is 4. The van der Waals surface area contributed by atoms with Crippen LogP contribution < -0.4 is 0 Å². The first kappa shape index (κ1) is 10.7. The molecule has 1 aromatic heterocycles. The molecule has 0 N–H and O–H groups in total. The third kappa shape index (κ3) is 1.94. The Hall–Kier alpha value is 0.240. The van der Waals surface area contributed by atoms with Gasteiger partial charge in [-0.15, -0.1) is 0 Å². The number of fused-ring (bicyclic) bond motifs is 1. The van der Waals surface area contributed by atoms with E-state index in [9.17, 15) is 0 Å². The molecule has 2 rings (SSSR count). The van der Waals surface area contributed by atoms with Crippen LogP contribution in [0.25, 0.3) is 0 Å². The Kier molecular flexibility index (Phi) is 2.82. The Morgan fingerprint density at radius 2 is 1.79 bits per heavy atom. The van der Waals surface area contributed by atoms with Gasteiger partial charge in [-0.3, -0.25) is 0 Å². The van der Waals surface area contributed by atoms with E-state index in [4.69, 9.17) is 46.4 Å². The molecule has 0 aliphatic heterocycles. The second kappa shape index (κ2) is 3.67. The smallest absolute Gasteiger partial charge is 0.233 e. The van der Waals surface area contributed by atoms with Crippen LogP contribution in [-0.2, 0) is 16.6 Å². The summed E-state index contributed by atoms with van der Waals surface area (Å²) in [6.45, 7) is 0. The SMILES string of the molecule is Clc1nc(C(Cl)(Cl)Cl)nc2c1CCC2. The average Bonchev–Trinajstić information content (AvgIpc) is 2.50. The van der Waals surface area contributed by atoms with E-state index in [-0.39, 0.29) is 5.82 Å². The van der Waals surface area contributed by atoms with E-state index in [0.717, 1.165) is 30.5 Å². The first-order valence-electron chi connectivity index (χ1n) is 4.11. The van der Waals surface area contributed by atoms with Crippen LogP contribution in [-0.4, -0.2) is 9.97 Å². The van der Waals surface area contributed by atoms with Crippen LogP contribution in [0.2, 0.25) is 5.15 Å². The number of alkyl halides is 3. The van der Waals surface area contributed by atoms with Gasteiger partial charge in [-0.2, -0.15) is 0 Å². The molecule has 0 saturated carbocycles. The molecule has 14 heavy (non-hydrogen) atoms. The molecule has 1 aliphatic carbocycles. The average molecular weight is 272 g/mol. The molecule has 0 spiro atoms. The molecular weight excluding hydrogens is 266 g/mol. The minimum atomic E-state index is -1.60. The molecule has 6 heteroatoms. The highest BCUT2D eigenvalue weighted by molar-refractivity contribution is 6.66. The quantitative estimate of drug-likeness (QED) is 0.534. The van der Waals surface area contributed by atoms with Crippen molar-refractivity contribution in [1.82, 2.24) is 9.97 Å². The first-order valence-corrected chi connectivity index (χ1v) is 5.62. The van der Waals surface area contributed by atoms with Crippen molar-refractivity contribution in [3.63, 3.8) is 0 Å². The van der Waals surface area contributed by atoms with Crippen LogP contribution in [0, 0.1) is 0 Å². The third-order valence-corrected chi connectivity index (χ3v) is 2.96. The van der Waals surface area contributed by atoms with Crippen molar-refractivity contribution in [2.24, 2.45) is 0 Å². The molecule has 0 atom stereocenters. The third-order valence-electron chi connectivity index (χ3n) is 2.14. The van der Waals surface area contributed by atoms with Gasteiger partial charge in [-0.25, -0.2) is 9.97 Å². The fraction of sp³-hybridized carbons (Fsp3) is 0.500. The van der Waals surface area contributed by atoms with Crippen molar-refractivity contribution in [3.05, 3.63) is 22.2 Å². The normalized spacial score (nSPS) is 15.7. The minimum Gasteiger partial charge on any atom is -0.233 e. The highest BCUT2D eigenvalue weighted by atomic mass is 35.6. The van der Waals surface area contributed by atoms with Gasteiger partial charge in [0.25, 0.3) is 0 Å². The molecule has 0 radical (unpaired) electrons. The molecule has 76 valence electrons. The van der Waals surface area contributed by atoms with Crippen LogP contribution in [0.4, 0.5) is 0 Å². The molecule has 0 bridgehead atoms. The topological polar surface area (TPSA) is 25.8 Å². The summed E-state index contributed by atoms with van der Waals surface area (Å²) < 4.78 is -1.60. The number of hydrogen-bond donors (Lipinski definition) is 0. The predicted octanol–water partition coefficient (Wildman–Crippen LogP) is 3.45. The number of hydrogen-bond acceptors (Lipinski definition) is 2. The van der Waals surface area contributed by atoms with Crippen LogP contribution in [0.3, 0.4) is 0 Å². The first-order chi connectivity index (χ1) is 6.48. The molecule has 0 fully saturated rings. The second-order valence-corrected chi connectivity index (χ2v) is 5.75. The predicted molar refractivity (Wildman–Crippen MR) is 58.3 cm³/mol. The van der Waals surface area contributed by atoms with Crippen molar-refractivity contribution >= 4 is 46.4 Å². The van der Waals surface area contributed by atoms with E-state index in [1.165, 1.54) is 0 Å². The van der Waals surface area contributed by atoms with E-state index in [0.29, 0.717) is 5.15 Å². The van der Waals surface area contributed by atoms with Gasteiger partial charge in [-0.1, -0.05) is 46.4 Å². The van der Waals surface area contributed by atoms with Crippen molar-refractivity contribution in [1.29, 1.82) is 0 Å². The molecule has 1 aromatic rings. The summed E-state index contributed by atoms with van der Waals surface area (Å²) in [7, 11) is 0. The molecule has 0 amide bonds. The molecule has 0 aromatic carbocycles. The lowest BCUT2D eigenvalue weighted by Gasteiger charge is -2.11. The summed E-state index contributed by atoms with van der Waals surface area (Å²) in [6, 6.07) is 0. The lowest BCUT2D eigenvalue weighted by molar-refractivity contribution is 0.885. The summed E-state index contributed by atoms with van der Waals surface area (Å²) in [5.41, 5.74) is 1.90. The Labute approximate surface area is 102 Å². The molecular formula is C8H6Cl4N2. The van der Waals surface area contributed by atoms with Crippen LogP contribution >= 0.6 is 46.4 Å². The van der Waals surface area contributed by atoms with Crippen molar-refractivity contribution in [2.45, 2.75) is 23.1 Å². The van der Waals surface area contributed by atoms with E-state index in [1.54, 1.807) is 0 Å². The van der Waals surface area contributed by atoms with Gasteiger partial charge in [0.15, 0.2) is 5.82 Å². The molecule has 1 aliphatic rings. The minimum absolute atomic E-state index is 0.160. The summed E-state index contributed by atoms with van der Waals surface area (Å²) in [4.78, 5) is 8.17. The maximum absolute atomic E-state index is 5.95. The fourth-order valence-corrected chi connectivity index (χ4v) is 2.05. The monoisotopic (exact) mass is 270 g/mol. The zero-order chi connectivity index (χ0) is 10.3. The Morgan fingerprint density at radius 1 is 1.07 bits per heavy atom. The van der Waals surface area contributed by atoms with E-state index < -0.39 is 3.79 Å².